The van der Waals surface area contributed by atoms with Gasteiger partial charge in [-0.3, -0.25) is 9.59 Å². The zero-order chi connectivity index (χ0) is 23.6. The first-order valence-electron chi connectivity index (χ1n) is 11.4. The van der Waals surface area contributed by atoms with E-state index >= 15 is 0 Å². The topological polar surface area (TPSA) is 70.2 Å². The number of hydrogen-bond donors (Lipinski definition) is 1. The van der Waals surface area contributed by atoms with Crippen molar-refractivity contribution in [2.75, 3.05) is 11.9 Å². The number of benzene rings is 2. The molecule has 7 atom stereocenters. The minimum absolute atomic E-state index is 0.0298. The molecule has 3 aromatic rings. The first-order valence-corrected chi connectivity index (χ1v) is 13.1. The van der Waals surface area contributed by atoms with Gasteiger partial charge in [0, 0.05) is 34.7 Å². The van der Waals surface area contributed by atoms with Crippen molar-refractivity contribution in [1.29, 1.82) is 0 Å². The highest BCUT2D eigenvalue weighted by Gasteiger charge is 2.64. The molecule has 1 N–H and O–H groups in total. The van der Waals surface area contributed by atoms with E-state index in [1.165, 1.54) is 23.5 Å². The van der Waals surface area contributed by atoms with Crippen LogP contribution in [0, 0.1) is 35.4 Å². The van der Waals surface area contributed by atoms with Crippen molar-refractivity contribution in [3.05, 3.63) is 80.5 Å². The minimum Gasteiger partial charge on any atom is -0.315 e. The smallest absolute Gasteiger partial charge is 0.305 e. The van der Waals surface area contributed by atoms with Gasteiger partial charge in [-0.2, -0.15) is 0 Å². The molecule has 0 saturated heterocycles. The van der Waals surface area contributed by atoms with Gasteiger partial charge in [-0.25, -0.2) is 4.39 Å². The Balaban J connectivity index is 1.40. The van der Waals surface area contributed by atoms with Gasteiger partial charge >= 0.3 is 4.87 Å². The van der Waals surface area contributed by atoms with Gasteiger partial charge in [-0.05, 0) is 54.0 Å². The molecule has 2 aromatic carbocycles. The second-order valence-electron chi connectivity index (χ2n) is 9.43. The lowest BCUT2D eigenvalue weighted by Gasteiger charge is -2.45. The Morgan fingerprint density at radius 2 is 1.85 bits per heavy atom. The van der Waals surface area contributed by atoms with Gasteiger partial charge in [-0.15, -0.1) is 11.8 Å². The third kappa shape index (κ3) is 3.22. The van der Waals surface area contributed by atoms with Gasteiger partial charge in [0.2, 0.25) is 5.91 Å². The fourth-order valence-corrected chi connectivity index (χ4v) is 9.45. The molecule has 6 rings (SSSR count). The molecule has 3 aliphatic rings. The van der Waals surface area contributed by atoms with Crippen molar-refractivity contribution in [3.8, 4) is 0 Å². The van der Waals surface area contributed by atoms with E-state index in [1.807, 2.05) is 30.3 Å². The van der Waals surface area contributed by atoms with E-state index in [4.69, 9.17) is 0 Å². The SMILES string of the molecule is CN(C(=O)[C@H]1[C@@H](C=O)[C@@H]2C[C@H]1[C@H]1Sc3[nH]c(=O)sc3[C@H](c3ccc(F)cc3)[C@@H]21)c1ccccc1. The van der Waals surface area contributed by atoms with Crippen molar-refractivity contribution in [3.63, 3.8) is 0 Å². The lowest BCUT2D eigenvalue weighted by Crippen LogP contribution is -2.48. The van der Waals surface area contributed by atoms with Crippen molar-refractivity contribution >= 4 is 41.0 Å². The molecule has 1 aromatic heterocycles. The number of rotatable bonds is 4. The Hall–Kier alpha value is -2.71. The molecule has 0 radical (unpaired) electrons. The van der Waals surface area contributed by atoms with Crippen molar-refractivity contribution in [2.24, 2.45) is 29.6 Å². The Bertz CT molecular complexity index is 1310. The van der Waals surface area contributed by atoms with Gasteiger partial charge < -0.3 is 14.7 Å². The third-order valence-electron chi connectivity index (χ3n) is 7.92. The van der Waals surface area contributed by atoms with Crippen LogP contribution in [0.1, 0.15) is 22.8 Å². The molecule has 2 heterocycles. The maximum atomic E-state index is 13.7. The lowest BCUT2D eigenvalue weighted by molar-refractivity contribution is -0.129. The number of nitrogens with one attached hydrogen (secondary N) is 1. The van der Waals surface area contributed by atoms with Crippen LogP contribution in [0.15, 0.2) is 64.4 Å². The summed E-state index contributed by atoms with van der Waals surface area (Å²) in [6, 6.07) is 16.0. The largest absolute Gasteiger partial charge is 0.315 e. The Morgan fingerprint density at radius 3 is 2.56 bits per heavy atom. The number of thiazole rings is 1. The van der Waals surface area contributed by atoms with Crippen LogP contribution in [0.2, 0.25) is 0 Å². The summed E-state index contributed by atoms with van der Waals surface area (Å²) in [4.78, 5) is 43.9. The number of fused-ring (bicyclic) bond motifs is 6. The molecule has 2 aliphatic carbocycles. The summed E-state index contributed by atoms with van der Waals surface area (Å²) in [7, 11) is 1.77. The molecular weight excluding hydrogens is 471 g/mol. The molecule has 2 fully saturated rings. The molecule has 2 saturated carbocycles. The molecule has 0 unspecified atom stereocenters. The number of carbonyl (C=O) groups is 2. The first kappa shape index (κ1) is 21.8. The second kappa shape index (κ2) is 8.20. The Morgan fingerprint density at radius 1 is 1.12 bits per heavy atom. The summed E-state index contributed by atoms with van der Waals surface area (Å²) in [5, 5.41) is 0.954. The number of aldehydes is 1. The van der Waals surface area contributed by atoms with Crippen LogP contribution in [0.4, 0.5) is 10.1 Å². The molecular formula is C26H23FN2O3S2. The molecule has 1 amide bonds. The van der Waals surface area contributed by atoms with Crippen LogP contribution in [-0.2, 0) is 9.59 Å². The summed E-state index contributed by atoms with van der Waals surface area (Å²) in [6.45, 7) is 0. The Kier molecular flexibility index (Phi) is 5.26. The van der Waals surface area contributed by atoms with Crippen molar-refractivity contribution in [1.82, 2.24) is 4.98 Å². The van der Waals surface area contributed by atoms with Crippen LogP contribution in [0.25, 0.3) is 0 Å². The molecule has 5 nitrogen and oxygen atoms in total. The van der Waals surface area contributed by atoms with Crippen molar-refractivity contribution in [2.45, 2.75) is 22.6 Å². The molecule has 0 spiro atoms. The van der Waals surface area contributed by atoms with E-state index < -0.39 is 0 Å². The molecule has 1 aliphatic heterocycles. The number of halogens is 1. The van der Waals surface area contributed by atoms with Crippen LogP contribution >= 0.6 is 23.1 Å². The van der Waals surface area contributed by atoms with Crippen LogP contribution in [0.5, 0.6) is 0 Å². The standard InChI is InChI=1S/C26H23FN2O3S2/c1-29(15-5-3-2-4-6-15)25(31)20-17-11-16(18(20)12-30)21-19(13-7-9-14(27)10-8-13)23-24(33-22(17)21)28-26(32)34-23/h2-10,12,16-22H,11H2,1H3,(H,28,32)/t16-,17+,18-,19+,20+,21+,22+/m0/s1. The first-order chi connectivity index (χ1) is 16.5. The number of aromatic amines is 1. The number of thioether (sulfide) groups is 1. The number of para-hydroxylation sites is 1. The minimum atomic E-state index is -0.387. The van der Waals surface area contributed by atoms with Gasteiger partial charge in [-0.1, -0.05) is 41.7 Å². The summed E-state index contributed by atoms with van der Waals surface area (Å²) in [5.74, 6) is -0.995. The zero-order valence-corrected chi connectivity index (χ0v) is 20.0. The number of hydrogen-bond acceptors (Lipinski definition) is 5. The van der Waals surface area contributed by atoms with Gasteiger partial charge in [0.25, 0.3) is 0 Å². The zero-order valence-electron chi connectivity index (χ0n) is 18.4. The third-order valence-corrected chi connectivity index (χ3v) is 10.5. The quantitative estimate of drug-likeness (QED) is 0.541. The van der Waals surface area contributed by atoms with E-state index in [0.717, 1.165) is 33.9 Å². The highest BCUT2D eigenvalue weighted by Crippen LogP contribution is 2.66. The summed E-state index contributed by atoms with van der Waals surface area (Å²) in [6.07, 6.45) is 1.78. The maximum Gasteiger partial charge on any atom is 0.305 e. The normalized spacial score (nSPS) is 31.1. The summed E-state index contributed by atoms with van der Waals surface area (Å²) in [5.41, 5.74) is 1.76. The number of nitrogens with zero attached hydrogens (tertiary/aromatic N) is 1. The maximum absolute atomic E-state index is 13.7. The molecule has 2 bridgehead atoms. The van der Waals surface area contributed by atoms with E-state index in [0.29, 0.717) is 0 Å². The van der Waals surface area contributed by atoms with Crippen LogP contribution in [-0.4, -0.2) is 29.5 Å². The summed E-state index contributed by atoms with van der Waals surface area (Å²) < 4.78 is 13.7. The number of H-pyrrole nitrogens is 1. The monoisotopic (exact) mass is 494 g/mol. The fourth-order valence-electron chi connectivity index (χ4n) is 6.56. The molecule has 8 heteroatoms. The fraction of sp³-hybridized carbons (Fsp3) is 0.346. The van der Waals surface area contributed by atoms with Crippen LogP contribution in [0.3, 0.4) is 0 Å². The number of aromatic nitrogens is 1. The highest BCUT2D eigenvalue weighted by atomic mass is 32.2. The number of amides is 1. The summed E-state index contributed by atoms with van der Waals surface area (Å²) >= 11 is 2.85. The number of anilines is 1. The van der Waals surface area contributed by atoms with Gasteiger partial charge in [0.15, 0.2) is 0 Å². The van der Waals surface area contributed by atoms with E-state index in [9.17, 15) is 18.8 Å². The second-order valence-corrected chi connectivity index (χ2v) is 11.6. The highest BCUT2D eigenvalue weighted by molar-refractivity contribution is 8.00. The molecule has 174 valence electrons. The average Bonchev–Trinajstić information content (AvgIpc) is 3.53. The van der Waals surface area contributed by atoms with Crippen molar-refractivity contribution < 1.29 is 14.0 Å². The lowest BCUT2D eigenvalue weighted by atomic mass is 9.67. The van der Waals surface area contributed by atoms with Crippen LogP contribution < -0.4 is 9.77 Å². The Labute approximate surface area is 204 Å². The number of carbonyl (C=O) groups excluding carboxylic acids is 2. The van der Waals surface area contributed by atoms with Gasteiger partial charge in [0.05, 0.1) is 10.9 Å². The average molecular weight is 495 g/mol. The predicted octanol–water partition coefficient (Wildman–Crippen LogP) is 4.54. The predicted molar refractivity (Wildman–Crippen MR) is 131 cm³/mol. The molecule has 34 heavy (non-hydrogen) atoms. The van der Waals surface area contributed by atoms with E-state index in [1.54, 1.807) is 35.8 Å². The van der Waals surface area contributed by atoms with E-state index in [2.05, 4.69) is 4.98 Å². The van der Waals surface area contributed by atoms with E-state index in [-0.39, 0.29) is 57.4 Å². The van der Waals surface area contributed by atoms with Gasteiger partial charge in [0.1, 0.15) is 12.1 Å².